The number of H-pyrrole nitrogens is 1. The molecule has 1 aliphatic rings. The SMILES string of the molecule is O=C(NC[C@@H]1CCCO1)c1cccc2cn[nH]c12. The number of ether oxygens (including phenoxy) is 1. The topological polar surface area (TPSA) is 67.0 Å². The Labute approximate surface area is 105 Å². The number of carbonyl (C=O) groups excluding carboxylic acids is 1. The van der Waals surface area contributed by atoms with Crippen molar-refractivity contribution in [3.05, 3.63) is 30.0 Å². The Morgan fingerprint density at radius 2 is 2.50 bits per heavy atom. The molecule has 0 bridgehead atoms. The fourth-order valence-electron chi connectivity index (χ4n) is 2.27. The number of aromatic amines is 1. The second kappa shape index (κ2) is 4.78. The zero-order valence-electron chi connectivity index (χ0n) is 9.98. The first-order valence-electron chi connectivity index (χ1n) is 6.16. The number of amides is 1. The molecule has 1 amide bonds. The number of hydrogen-bond donors (Lipinski definition) is 2. The van der Waals surface area contributed by atoms with Crippen LogP contribution in [0, 0.1) is 0 Å². The van der Waals surface area contributed by atoms with Crippen molar-refractivity contribution in [2.24, 2.45) is 0 Å². The molecule has 0 saturated carbocycles. The molecule has 18 heavy (non-hydrogen) atoms. The van der Waals surface area contributed by atoms with E-state index >= 15 is 0 Å². The van der Waals surface area contributed by atoms with Crippen LogP contribution in [0.15, 0.2) is 24.4 Å². The zero-order valence-corrected chi connectivity index (χ0v) is 9.98. The number of hydrogen-bond acceptors (Lipinski definition) is 3. The standard InChI is InChI=1S/C13H15N3O2/c17-13(14-8-10-4-2-6-18-10)11-5-1-3-9-7-15-16-12(9)11/h1,3,5,7,10H,2,4,6,8H2,(H,14,17)(H,15,16)/t10-/m0/s1. The molecule has 5 nitrogen and oxygen atoms in total. The number of carbonyl (C=O) groups is 1. The monoisotopic (exact) mass is 245 g/mol. The lowest BCUT2D eigenvalue weighted by atomic mass is 10.1. The highest BCUT2D eigenvalue weighted by Crippen LogP contribution is 2.16. The van der Waals surface area contributed by atoms with E-state index < -0.39 is 0 Å². The van der Waals surface area contributed by atoms with Gasteiger partial charge in [0.25, 0.3) is 5.91 Å². The molecule has 1 aromatic heterocycles. The molecule has 2 aromatic rings. The van der Waals surface area contributed by atoms with Crippen molar-refractivity contribution < 1.29 is 9.53 Å². The highest BCUT2D eigenvalue weighted by atomic mass is 16.5. The summed E-state index contributed by atoms with van der Waals surface area (Å²) < 4.78 is 5.48. The van der Waals surface area contributed by atoms with Crippen molar-refractivity contribution in [3.63, 3.8) is 0 Å². The van der Waals surface area contributed by atoms with Crippen molar-refractivity contribution in [1.82, 2.24) is 15.5 Å². The fraction of sp³-hybridized carbons (Fsp3) is 0.385. The van der Waals surface area contributed by atoms with E-state index in [0.717, 1.165) is 30.4 Å². The van der Waals surface area contributed by atoms with Crippen molar-refractivity contribution in [1.29, 1.82) is 0 Å². The molecule has 94 valence electrons. The van der Waals surface area contributed by atoms with Crippen LogP contribution in [0.25, 0.3) is 10.9 Å². The van der Waals surface area contributed by atoms with Gasteiger partial charge in [0.15, 0.2) is 0 Å². The molecule has 5 heteroatoms. The molecule has 1 aliphatic heterocycles. The number of benzene rings is 1. The molecule has 2 heterocycles. The van der Waals surface area contributed by atoms with Crippen molar-refractivity contribution >= 4 is 16.8 Å². The molecule has 0 spiro atoms. The van der Waals surface area contributed by atoms with Gasteiger partial charge >= 0.3 is 0 Å². The summed E-state index contributed by atoms with van der Waals surface area (Å²) in [5.41, 5.74) is 1.41. The molecule has 1 saturated heterocycles. The van der Waals surface area contributed by atoms with Crippen LogP contribution in [0.2, 0.25) is 0 Å². The normalized spacial score (nSPS) is 19.2. The van der Waals surface area contributed by atoms with Crippen LogP contribution in [0.3, 0.4) is 0 Å². The van der Waals surface area contributed by atoms with E-state index in [1.54, 1.807) is 12.3 Å². The van der Waals surface area contributed by atoms with E-state index in [1.165, 1.54) is 0 Å². The highest BCUT2D eigenvalue weighted by molar-refractivity contribution is 6.05. The molecular weight excluding hydrogens is 230 g/mol. The summed E-state index contributed by atoms with van der Waals surface area (Å²) in [5.74, 6) is -0.0830. The lowest BCUT2D eigenvalue weighted by molar-refractivity contribution is 0.0859. The number of nitrogens with zero attached hydrogens (tertiary/aromatic N) is 1. The summed E-state index contributed by atoms with van der Waals surface area (Å²) in [4.78, 5) is 12.1. The molecule has 1 fully saturated rings. The van der Waals surface area contributed by atoms with Crippen LogP contribution in [0.4, 0.5) is 0 Å². The van der Waals surface area contributed by atoms with Crippen LogP contribution in [0.1, 0.15) is 23.2 Å². The van der Waals surface area contributed by atoms with Crippen molar-refractivity contribution in [3.8, 4) is 0 Å². The molecule has 1 atom stereocenters. The molecule has 2 N–H and O–H groups in total. The predicted octanol–water partition coefficient (Wildman–Crippen LogP) is 1.47. The third-order valence-corrected chi connectivity index (χ3v) is 3.24. The van der Waals surface area contributed by atoms with E-state index in [2.05, 4.69) is 15.5 Å². The Morgan fingerprint density at radius 1 is 1.56 bits per heavy atom. The molecule has 0 radical (unpaired) electrons. The first-order chi connectivity index (χ1) is 8.84. The predicted molar refractivity (Wildman–Crippen MR) is 67.4 cm³/mol. The first-order valence-corrected chi connectivity index (χ1v) is 6.16. The number of para-hydroxylation sites is 1. The van der Waals surface area contributed by atoms with Gasteiger partial charge in [-0.3, -0.25) is 9.89 Å². The maximum absolute atomic E-state index is 12.1. The van der Waals surface area contributed by atoms with Gasteiger partial charge in [0.2, 0.25) is 0 Å². The average Bonchev–Trinajstić information content (AvgIpc) is 3.05. The summed E-state index contributed by atoms with van der Waals surface area (Å²) in [5, 5.41) is 10.7. The Kier molecular flexibility index (Phi) is 2.98. The number of nitrogens with one attached hydrogen (secondary N) is 2. The second-order valence-electron chi connectivity index (χ2n) is 4.48. The Hall–Kier alpha value is -1.88. The maximum atomic E-state index is 12.1. The van der Waals surface area contributed by atoms with Gasteiger partial charge in [0.05, 0.1) is 23.4 Å². The van der Waals surface area contributed by atoms with Gasteiger partial charge in [-0.1, -0.05) is 12.1 Å². The van der Waals surface area contributed by atoms with Crippen LogP contribution in [-0.2, 0) is 4.74 Å². The zero-order chi connectivity index (χ0) is 12.4. The summed E-state index contributed by atoms with van der Waals surface area (Å²) >= 11 is 0. The van der Waals surface area contributed by atoms with Gasteiger partial charge in [0.1, 0.15) is 0 Å². The minimum atomic E-state index is -0.0830. The third-order valence-electron chi connectivity index (χ3n) is 3.24. The van der Waals surface area contributed by atoms with Crippen molar-refractivity contribution in [2.75, 3.05) is 13.2 Å². The van der Waals surface area contributed by atoms with E-state index in [4.69, 9.17) is 4.74 Å². The molecule has 0 unspecified atom stereocenters. The lowest BCUT2D eigenvalue weighted by Crippen LogP contribution is -2.31. The van der Waals surface area contributed by atoms with Gasteiger partial charge in [0, 0.05) is 18.5 Å². The first kappa shape index (κ1) is 11.2. The van der Waals surface area contributed by atoms with Gasteiger partial charge < -0.3 is 10.1 Å². The van der Waals surface area contributed by atoms with Crippen LogP contribution in [0.5, 0.6) is 0 Å². The largest absolute Gasteiger partial charge is 0.376 e. The minimum Gasteiger partial charge on any atom is -0.376 e. The average molecular weight is 245 g/mol. The van der Waals surface area contributed by atoms with Gasteiger partial charge in [-0.15, -0.1) is 0 Å². The van der Waals surface area contributed by atoms with E-state index in [-0.39, 0.29) is 12.0 Å². The molecule has 3 rings (SSSR count). The highest BCUT2D eigenvalue weighted by Gasteiger charge is 2.17. The maximum Gasteiger partial charge on any atom is 0.253 e. The number of rotatable bonds is 3. The Balaban J connectivity index is 1.73. The third kappa shape index (κ3) is 2.09. The van der Waals surface area contributed by atoms with E-state index in [9.17, 15) is 4.79 Å². The van der Waals surface area contributed by atoms with Crippen LogP contribution < -0.4 is 5.32 Å². The van der Waals surface area contributed by atoms with Gasteiger partial charge in [-0.2, -0.15) is 5.10 Å². The van der Waals surface area contributed by atoms with Crippen molar-refractivity contribution in [2.45, 2.75) is 18.9 Å². The molecule has 1 aromatic carbocycles. The summed E-state index contributed by atoms with van der Waals surface area (Å²) in [7, 11) is 0. The Morgan fingerprint density at radius 3 is 3.33 bits per heavy atom. The summed E-state index contributed by atoms with van der Waals surface area (Å²) in [6, 6.07) is 5.58. The molecular formula is C13H15N3O2. The van der Waals surface area contributed by atoms with Crippen LogP contribution in [-0.4, -0.2) is 35.4 Å². The minimum absolute atomic E-state index is 0.0830. The second-order valence-corrected chi connectivity index (χ2v) is 4.48. The number of aromatic nitrogens is 2. The van der Waals surface area contributed by atoms with Crippen LogP contribution >= 0.6 is 0 Å². The van der Waals surface area contributed by atoms with Gasteiger partial charge in [-0.05, 0) is 18.9 Å². The van der Waals surface area contributed by atoms with Gasteiger partial charge in [-0.25, -0.2) is 0 Å². The fourth-order valence-corrected chi connectivity index (χ4v) is 2.27. The quantitative estimate of drug-likeness (QED) is 0.860. The lowest BCUT2D eigenvalue weighted by Gasteiger charge is -2.11. The smallest absolute Gasteiger partial charge is 0.253 e. The summed E-state index contributed by atoms with van der Waals surface area (Å²) in [6.45, 7) is 1.38. The van der Waals surface area contributed by atoms with E-state index in [0.29, 0.717) is 12.1 Å². The molecule has 0 aliphatic carbocycles. The van der Waals surface area contributed by atoms with E-state index in [1.807, 2.05) is 12.1 Å². The summed E-state index contributed by atoms with van der Waals surface area (Å²) in [6.07, 6.45) is 3.98. The number of fused-ring (bicyclic) bond motifs is 1. The Bertz CT molecular complexity index is 558.